The fourth-order valence-corrected chi connectivity index (χ4v) is 3.16. The molecule has 2 heterocycles. The topological polar surface area (TPSA) is 67.4 Å². The second-order valence-electron chi connectivity index (χ2n) is 5.41. The Morgan fingerprint density at radius 1 is 1.26 bits per heavy atom. The summed E-state index contributed by atoms with van der Waals surface area (Å²) >= 11 is 1.35. The van der Waals surface area contributed by atoms with Gasteiger partial charge in [-0.2, -0.15) is 0 Å². The molecule has 1 aliphatic heterocycles. The van der Waals surface area contributed by atoms with Gasteiger partial charge in [0, 0.05) is 12.0 Å². The molecule has 23 heavy (non-hydrogen) atoms. The summed E-state index contributed by atoms with van der Waals surface area (Å²) in [7, 11) is 0. The normalized spacial score (nSPS) is 17.5. The van der Waals surface area contributed by atoms with Crippen LogP contribution in [-0.4, -0.2) is 24.5 Å². The molecule has 0 saturated carbocycles. The number of rotatable bonds is 4. The largest absolute Gasteiger partial charge is 0.493 e. The third-order valence-electron chi connectivity index (χ3n) is 3.76. The van der Waals surface area contributed by atoms with Gasteiger partial charge >= 0.3 is 0 Å². The molecule has 0 bridgehead atoms. The van der Waals surface area contributed by atoms with Crippen molar-refractivity contribution in [3.05, 3.63) is 52.2 Å². The number of hydrogen-bond acceptors (Lipinski definition) is 4. The first-order chi connectivity index (χ1) is 11.1. The zero-order valence-corrected chi connectivity index (χ0v) is 13.6. The highest BCUT2D eigenvalue weighted by Gasteiger charge is 2.25. The molecular formula is C17H18N2O3S. The lowest BCUT2D eigenvalue weighted by Crippen LogP contribution is -2.46. The summed E-state index contributed by atoms with van der Waals surface area (Å²) in [6.45, 7) is 2.25. The molecule has 0 radical (unpaired) electrons. The Kier molecular flexibility index (Phi) is 4.62. The average molecular weight is 330 g/mol. The predicted octanol–water partition coefficient (Wildman–Crippen LogP) is 2.51. The predicted molar refractivity (Wildman–Crippen MR) is 88.7 cm³/mol. The molecule has 0 fully saturated rings. The lowest BCUT2D eigenvalue weighted by Gasteiger charge is -2.27. The third-order valence-corrected chi connectivity index (χ3v) is 4.63. The maximum Gasteiger partial charge on any atom is 0.261 e. The van der Waals surface area contributed by atoms with Gasteiger partial charge in [-0.15, -0.1) is 11.3 Å². The monoisotopic (exact) mass is 330 g/mol. The van der Waals surface area contributed by atoms with Gasteiger partial charge in [-0.05, 0) is 24.4 Å². The SMILES string of the molecule is C[C@H](NC(=O)c1cccs1)C(=O)N[C@H]1CCOc2ccccc21. The van der Waals surface area contributed by atoms with Crippen LogP contribution in [0.15, 0.2) is 41.8 Å². The Morgan fingerprint density at radius 3 is 2.87 bits per heavy atom. The highest BCUT2D eigenvalue weighted by Crippen LogP contribution is 2.31. The van der Waals surface area contributed by atoms with Crippen LogP contribution in [0, 0.1) is 0 Å². The molecule has 1 aromatic carbocycles. The number of hydrogen-bond donors (Lipinski definition) is 2. The molecule has 120 valence electrons. The second kappa shape index (κ2) is 6.83. The van der Waals surface area contributed by atoms with E-state index in [2.05, 4.69) is 10.6 Å². The van der Waals surface area contributed by atoms with Crippen LogP contribution >= 0.6 is 11.3 Å². The molecule has 2 amide bonds. The van der Waals surface area contributed by atoms with Gasteiger partial charge in [-0.1, -0.05) is 24.3 Å². The first-order valence-electron chi connectivity index (χ1n) is 7.51. The molecule has 2 aromatic rings. The van der Waals surface area contributed by atoms with Crippen LogP contribution in [0.3, 0.4) is 0 Å². The summed E-state index contributed by atoms with van der Waals surface area (Å²) in [4.78, 5) is 25.0. The molecular weight excluding hydrogens is 312 g/mol. The highest BCUT2D eigenvalue weighted by atomic mass is 32.1. The summed E-state index contributed by atoms with van der Waals surface area (Å²) in [5.74, 6) is 0.381. The van der Waals surface area contributed by atoms with Crippen LogP contribution in [0.1, 0.15) is 34.6 Å². The smallest absolute Gasteiger partial charge is 0.261 e. The lowest BCUT2D eigenvalue weighted by molar-refractivity contribution is -0.123. The minimum absolute atomic E-state index is 0.0893. The first-order valence-corrected chi connectivity index (χ1v) is 8.39. The van der Waals surface area contributed by atoms with Crippen molar-refractivity contribution in [2.75, 3.05) is 6.61 Å². The van der Waals surface area contributed by atoms with Gasteiger partial charge in [0.2, 0.25) is 5.91 Å². The van der Waals surface area contributed by atoms with E-state index < -0.39 is 6.04 Å². The van der Waals surface area contributed by atoms with E-state index in [4.69, 9.17) is 4.74 Å². The summed E-state index contributed by atoms with van der Waals surface area (Å²) in [5, 5.41) is 7.55. The van der Waals surface area contributed by atoms with Crippen molar-refractivity contribution < 1.29 is 14.3 Å². The summed E-state index contributed by atoms with van der Waals surface area (Å²) in [5.41, 5.74) is 0.976. The van der Waals surface area contributed by atoms with E-state index in [1.807, 2.05) is 35.7 Å². The van der Waals surface area contributed by atoms with Crippen LogP contribution in [0.4, 0.5) is 0 Å². The highest BCUT2D eigenvalue weighted by molar-refractivity contribution is 7.12. The molecule has 1 aliphatic rings. The minimum Gasteiger partial charge on any atom is -0.493 e. The molecule has 2 atom stereocenters. The van der Waals surface area contributed by atoms with Crippen LogP contribution < -0.4 is 15.4 Å². The Morgan fingerprint density at radius 2 is 2.09 bits per heavy atom. The fourth-order valence-electron chi connectivity index (χ4n) is 2.53. The molecule has 0 saturated heterocycles. The zero-order valence-electron chi connectivity index (χ0n) is 12.7. The Bertz CT molecular complexity index is 700. The number of carbonyl (C=O) groups is 2. The van der Waals surface area contributed by atoms with Gasteiger partial charge in [-0.3, -0.25) is 9.59 Å². The summed E-state index contributed by atoms with van der Waals surface area (Å²) in [6, 6.07) is 10.5. The van der Waals surface area contributed by atoms with E-state index in [0.29, 0.717) is 17.9 Å². The number of nitrogens with one attached hydrogen (secondary N) is 2. The van der Waals surface area contributed by atoms with Gasteiger partial charge < -0.3 is 15.4 Å². The van der Waals surface area contributed by atoms with E-state index in [1.165, 1.54) is 11.3 Å². The molecule has 0 unspecified atom stereocenters. The summed E-state index contributed by atoms with van der Waals surface area (Å²) in [6.07, 6.45) is 0.717. The molecule has 2 N–H and O–H groups in total. The third kappa shape index (κ3) is 3.53. The molecule has 5 nitrogen and oxygen atoms in total. The van der Waals surface area contributed by atoms with Gasteiger partial charge in [-0.25, -0.2) is 0 Å². The number of para-hydroxylation sites is 1. The maximum absolute atomic E-state index is 12.4. The Labute approximate surface area is 138 Å². The molecule has 1 aromatic heterocycles. The zero-order chi connectivity index (χ0) is 16.2. The van der Waals surface area contributed by atoms with Crippen molar-refractivity contribution in [2.24, 2.45) is 0 Å². The number of amides is 2. The van der Waals surface area contributed by atoms with Crippen LogP contribution in [0.2, 0.25) is 0 Å². The van der Waals surface area contributed by atoms with E-state index >= 15 is 0 Å². The van der Waals surface area contributed by atoms with Crippen LogP contribution in [0.5, 0.6) is 5.75 Å². The molecule has 0 aliphatic carbocycles. The van der Waals surface area contributed by atoms with Gasteiger partial charge in [0.15, 0.2) is 0 Å². The van der Waals surface area contributed by atoms with Gasteiger partial charge in [0.25, 0.3) is 5.91 Å². The van der Waals surface area contributed by atoms with Crippen molar-refractivity contribution in [1.82, 2.24) is 10.6 Å². The van der Waals surface area contributed by atoms with Crippen LogP contribution in [-0.2, 0) is 4.79 Å². The van der Waals surface area contributed by atoms with Crippen molar-refractivity contribution in [1.29, 1.82) is 0 Å². The summed E-state index contributed by atoms with van der Waals surface area (Å²) < 4.78 is 5.59. The average Bonchev–Trinajstić information content (AvgIpc) is 3.09. The quantitative estimate of drug-likeness (QED) is 0.905. The maximum atomic E-state index is 12.4. The molecule has 6 heteroatoms. The Hall–Kier alpha value is -2.34. The molecule has 3 rings (SSSR count). The number of fused-ring (bicyclic) bond motifs is 1. The van der Waals surface area contributed by atoms with Crippen molar-refractivity contribution in [3.8, 4) is 5.75 Å². The van der Waals surface area contributed by atoms with Gasteiger partial charge in [0.05, 0.1) is 17.5 Å². The fraction of sp³-hybridized carbons (Fsp3) is 0.294. The number of ether oxygens (including phenoxy) is 1. The van der Waals surface area contributed by atoms with Crippen molar-refractivity contribution in [2.45, 2.75) is 25.4 Å². The molecule has 0 spiro atoms. The number of carbonyl (C=O) groups excluding carboxylic acids is 2. The minimum atomic E-state index is -0.598. The second-order valence-corrected chi connectivity index (χ2v) is 6.36. The van der Waals surface area contributed by atoms with Crippen molar-refractivity contribution in [3.63, 3.8) is 0 Å². The van der Waals surface area contributed by atoms with Crippen LogP contribution in [0.25, 0.3) is 0 Å². The van der Waals surface area contributed by atoms with Crippen molar-refractivity contribution >= 4 is 23.2 Å². The van der Waals surface area contributed by atoms with E-state index in [-0.39, 0.29) is 17.9 Å². The van der Waals surface area contributed by atoms with E-state index in [1.54, 1.807) is 13.0 Å². The lowest BCUT2D eigenvalue weighted by atomic mass is 10.0. The van der Waals surface area contributed by atoms with E-state index in [0.717, 1.165) is 11.3 Å². The number of thiophene rings is 1. The Balaban J connectivity index is 1.62. The van der Waals surface area contributed by atoms with Gasteiger partial charge in [0.1, 0.15) is 11.8 Å². The number of benzene rings is 1. The van der Waals surface area contributed by atoms with E-state index in [9.17, 15) is 9.59 Å². The standard InChI is InChI=1S/C17H18N2O3S/c1-11(18-17(21)15-7-4-10-23-15)16(20)19-13-8-9-22-14-6-3-2-5-12(13)14/h2-7,10-11,13H,8-9H2,1H3,(H,18,21)(H,19,20)/t11-,13-/m0/s1. The first kappa shape index (κ1) is 15.6.